The van der Waals surface area contributed by atoms with E-state index in [1.54, 1.807) is 0 Å². The van der Waals surface area contributed by atoms with Crippen LogP contribution in [0, 0.1) is 5.92 Å². The van der Waals surface area contributed by atoms with Crippen LogP contribution in [0.15, 0.2) is 0 Å². The molecule has 0 unspecified atom stereocenters. The third kappa shape index (κ3) is 3.18. The zero-order valence-corrected chi connectivity index (χ0v) is 8.42. The van der Waals surface area contributed by atoms with Crippen LogP contribution in [0.3, 0.4) is 0 Å². The number of nitrogens with one attached hydrogen (secondary N) is 2. The van der Waals surface area contributed by atoms with Crippen molar-refractivity contribution in [2.75, 3.05) is 19.7 Å². The summed E-state index contributed by atoms with van der Waals surface area (Å²) in [7, 11) is 0. The van der Waals surface area contributed by atoms with Crippen molar-refractivity contribution in [1.82, 2.24) is 10.6 Å². The van der Waals surface area contributed by atoms with E-state index >= 15 is 0 Å². The highest BCUT2D eigenvalue weighted by atomic mass is 16.5. The molecule has 1 amide bonds. The zero-order chi connectivity index (χ0) is 9.80. The summed E-state index contributed by atoms with van der Waals surface area (Å²) in [4.78, 5) is 11.3. The number of piperidine rings is 1. The lowest BCUT2D eigenvalue weighted by molar-refractivity contribution is 0.135. The maximum atomic E-state index is 11.3. The summed E-state index contributed by atoms with van der Waals surface area (Å²) in [6.07, 6.45) is 4.24. The van der Waals surface area contributed by atoms with E-state index in [0.29, 0.717) is 18.6 Å². The van der Waals surface area contributed by atoms with Crippen LogP contribution in [-0.2, 0) is 4.74 Å². The van der Waals surface area contributed by atoms with E-state index in [1.165, 1.54) is 12.8 Å². The summed E-state index contributed by atoms with van der Waals surface area (Å²) in [5.41, 5.74) is 0. The van der Waals surface area contributed by atoms with Crippen LogP contribution in [0.1, 0.15) is 25.7 Å². The minimum atomic E-state index is -0.233. The lowest BCUT2D eigenvalue weighted by atomic mass is 10.1. The number of rotatable bonds is 3. The molecule has 0 bridgehead atoms. The van der Waals surface area contributed by atoms with Crippen molar-refractivity contribution in [3.05, 3.63) is 0 Å². The van der Waals surface area contributed by atoms with Gasteiger partial charge in [0, 0.05) is 6.04 Å². The summed E-state index contributed by atoms with van der Waals surface area (Å²) in [6.45, 7) is 2.60. The highest BCUT2D eigenvalue weighted by Gasteiger charge is 2.23. The number of hydrogen-bond acceptors (Lipinski definition) is 3. The molecule has 0 aromatic rings. The molecule has 2 rings (SSSR count). The topological polar surface area (TPSA) is 50.4 Å². The number of ether oxygens (including phenoxy) is 1. The second kappa shape index (κ2) is 4.64. The molecule has 2 aliphatic rings. The van der Waals surface area contributed by atoms with Gasteiger partial charge in [-0.25, -0.2) is 4.79 Å². The second-order valence-corrected chi connectivity index (χ2v) is 4.21. The van der Waals surface area contributed by atoms with Crippen molar-refractivity contribution in [3.63, 3.8) is 0 Å². The minimum Gasteiger partial charge on any atom is -0.449 e. The molecular weight excluding hydrogens is 180 g/mol. The van der Waals surface area contributed by atoms with Gasteiger partial charge >= 0.3 is 6.09 Å². The van der Waals surface area contributed by atoms with Gasteiger partial charge in [0.05, 0.1) is 6.61 Å². The van der Waals surface area contributed by atoms with E-state index in [2.05, 4.69) is 10.6 Å². The van der Waals surface area contributed by atoms with Gasteiger partial charge in [0.2, 0.25) is 0 Å². The lowest BCUT2D eigenvalue weighted by Crippen LogP contribution is -2.43. The predicted molar refractivity (Wildman–Crippen MR) is 53.1 cm³/mol. The first-order valence-electron chi connectivity index (χ1n) is 5.48. The van der Waals surface area contributed by atoms with E-state index in [4.69, 9.17) is 4.74 Å². The third-order valence-electron chi connectivity index (χ3n) is 2.81. The van der Waals surface area contributed by atoms with Gasteiger partial charge in [-0.3, -0.25) is 0 Å². The normalized spacial score (nSPS) is 23.1. The van der Waals surface area contributed by atoms with Gasteiger partial charge in [-0.2, -0.15) is 0 Å². The van der Waals surface area contributed by atoms with Crippen molar-refractivity contribution in [2.24, 2.45) is 5.92 Å². The van der Waals surface area contributed by atoms with Crippen LogP contribution in [0.4, 0.5) is 4.79 Å². The maximum absolute atomic E-state index is 11.3. The standard InChI is InChI=1S/C10H18N2O2/c13-10(14-7-8-1-2-8)12-9-3-5-11-6-4-9/h8-9,11H,1-7H2,(H,12,13). The van der Waals surface area contributed by atoms with Crippen LogP contribution < -0.4 is 10.6 Å². The highest BCUT2D eigenvalue weighted by Crippen LogP contribution is 2.28. The lowest BCUT2D eigenvalue weighted by Gasteiger charge is -2.23. The highest BCUT2D eigenvalue weighted by molar-refractivity contribution is 5.67. The first kappa shape index (κ1) is 9.77. The Hall–Kier alpha value is -0.770. The Labute approximate surface area is 84.4 Å². The molecular formula is C10H18N2O2. The van der Waals surface area contributed by atoms with E-state index < -0.39 is 0 Å². The summed E-state index contributed by atoms with van der Waals surface area (Å²) in [6, 6.07) is 0.308. The largest absolute Gasteiger partial charge is 0.449 e. The van der Waals surface area contributed by atoms with Crippen molar-refractivity contribution >= 4 is 6.09 Å². The average Bonchev–Trinajstić information content (AvgIpc) is 3.00. The number of hydrogen-bond donors (Lipinski definition) is 2. The van der Waals surface area contributed by atoms with E-state index in [-0.39, 0.29) is 6.09 Å². The van der Waals surface area contributed by atoms with E-state index in [0.717, 1.165) is 25.9 Å². The molecule has 1 saturated carbocycles. The fraction of sp³-hybridized carbons (Fsp3) is 0.900. The molecule has 0 radical (unpaired) electrons. The molecule has 1 saturated heterocycles. The van der Waals surface area contributed by atoms with E-state index in [1.807, 2.05) is 0 Å². The smallest absolute Gasteiger partial charge is 0.407 e. The molecule has 2 N–H and O–H groups in total. The molecule has 0 aromatic heterocycles. The van der Waals surface area contributed by atoms with Crippen LogP contribution in [0.2, 0.25) is 0 Å². The number of amides is 1. The predicted octanol–water partition coefficient (Wildman–Crippen LogP) is 0.875. The molecule has 80 valence electrons. The summed E-state index contributed by atoms with van der Waals surface area (Å²) >= 11 is 0. The molecule has 14 heavy (non-hydrogen) atoms. The number of carbonyl (C=O) groups excluding carboxylic acids is 1. The van der Waals surface area contributed by atoms with Gasteiger partial charge in [-0.1, -0.05) is 0 Å². The van der Waals surface area contributed by atoms with Gasteiger partial charge in [0.25, 0.3) is 0 Å². The van der Waals surface area contributed by atoms with Gasteiger partial charge in [-0.05, 0) is 44.7 Å². The Morgan fingerprint density at radius 3 is 2.64 bits per heavy atom. The van der Waals surface area contributed by atoms with Crippen LogP contribution in [0.5, 0.6) is 0 Å². The molecule has 4 heteroatoms. The first-order valence-corrected chi connectivity index (χ1v) is 5.48. The van der Waals surface area contributed by atoms with E-state index in [9.17, 15) is 4.79 Å². The van der Waals surface area contributed by atoms with Crippen molar-refractivity contribution in [1.29, 1.82) is 0 Å². The van der Waals surface area contributed by atoms with Crippen LogP contribution >= 0.6 is 0 Å². The first-order chi connectivity index (χ1) is 6.84. The van der Waals surface area contributed by atoms with Crippen molar-refractivity contribution in [3.8, 4) is 0 Å². The van der Waals surface area contributed by atoms with Crippen molar-refractivity contribution in [2.45, 2.75) is 31.7 Å². The monoisotopic (exact) mass is 198 g/mol. The molecule has 1 aliphatic heterocycles. The fourth-order valence-corrected chi connectivity index (χ4v) is 1.65. The Bertz CT molecular complexity index is 198. The van der Waals surface area contributed by atoms with Gasteiger partial charge in [0.15, 0.2) is 0 Å². The summed E-state index contributed by atoms with van der Waals surface area (Å²) in [5.74, 6) is 0.647. The molecule has 0 spiro atoms. The third-order valence-corrected chi connectivity index (χ3v) is 2.81. The van der Waals surface area contributed by atoms with Crippen LogP contribution in [0.25, 0.3) is 0 Å². The Morgan fingerprint density at radius 2 is 2.00 bits per heavy atom. The maximum Gasteiger partial charge on any atom is 0.407 e. The van der Waals surface area contributed by atoms with Gasteiger partial charge < -0.3 is 15.4 Å². The summed E-state index contributed by atoms with van der Waals surface area (Å²) < 4.78 is 5.10. The Morgan fingerprint density at radius 1 is 1.29 bits per heavy atom. The number of alkyl carbamates (subject to hydrolysis) is 1. The van der Waals surface area contributed by atoms with Gasteiger partial charge in [0.1, 0.15) is 0 Å². The second-order valence-electron chi connectivity index (χ2n) is 4.21. The molecule has 2 fully saturated rings. The average molecular weight is 198 g/mol. The minimum absolute atomic E-state index is 0.233. The Balaban J connectivity index is 1.59. The SMILES string of the molecule is O=C(NC1CCNCC1)OCC1CC1. The molecule has 4 nitrogen and oxygen atoms in total. The molecule has 1 aliphatic carbocycles. The number of carbonyl (C=O) groups is 1. The quantitative estimate of drug-likeness (QED) is 0.707. The Kier molecular flexibility index (Phi) is 3.24. The van der Waals surface area contributed by atoms with Gasteiger partial charge in [-0.15, -0.1) is 0 Å². The van der Waals surface area contributed by atoms with Crippen LogP contribution in [-0.4, -0.2) is 31.8 Å². The fourth-order valence-electron chi connectivity index (χ4n) is 1.65. The van der Waals surface area contributed by atoms with Crippen molar-refractivity contribution < 1.29 is 9.53 Å². The molecule has 1 heterocycles. The molecule has 0 aromatic carbocycles. The zero-order valence-electron chi connectivity index (χ0n) is 8.42. The summed E-state index contributed by atoms with van der Waals surface area (Å²) in [5, 5.41) is 6.16. The molecule has 0 atom stereocenters.